The lowest BCUT2D eigenvalue weighted by Gasteiger charge is -2.16. The molecule has 136 valence electrons. The highest BCUT2D eigenvalue weighted by atomic mass is 32.2. The second-order valence-corrected chi connectivity index (χ2v) is 14.6. The van der Waals surface area contributed by atoms with Gasteiger partial charge >= 0.3 is 5.97 Å². The normalized spacial score (nSPS) is 14.2. The van der Waals surface area contributed by atoms with Crippen LogP contribution in [-0.2, 0) is 21.2 Å². The van der Waals surface area contributed by atoms with Gasteiger partial charge in [-0.05, 0) is 30.3 Å². The molecule has 0 saturated heterocycles. The first-order valence-electron chi connectivity index (χ1n) is 7.81. The average molecular weight is 382 g/mol. The number of rotatable bonds is 8. The molecule has 25 heavy (non-hydrogen) atoms. The summed E-state index contributed by atoms with van der Waals surface area (Å²) in [4.78, 5) is 15.1. The quantitative estimate of drug-likeness (QED) is 0.539. The molecular weight excluding hydrogens is 358 g/mol. The van der Waals surface area contributed by atoms with Crippen molar-refractivity contribution in [3.63, 3.8) is 0 Å². The lowest BCUT2D eigenvalue weighted by molar-refractivity contribution is 0.0696. The Balaban J connectivity index is 2.15. The Bertz CT molecular complexity index is 839. The van der Waals surface area contributed by atoms with Crippen molar-refractivity contribution in [3.8, 4) is 0 Å². The highest BCUT2D eigenvalue weighted by Gasteiger charge is 2.19. The molecule has 1 aromatic heterocycles. The van der Waals surface area contributed by atoms with Gasteiger partial charge in [0.05, 0.1) is 23.0 Å². The molecule has 1 heterocycles. The van der Waals surface area contributed by atoms with Gasteiger partial charge in [-0.3, -0.25) is 4.57 Å². The minimum absolute atomic E-state index is 0.0853. The van der Waals surface area contributed by atoms with E-state index in [1.807, 2.05) is 0 Å². The van der Waals surface area contributed by atoms with Crippen LogP contribution in [0.4, 0.5) is 0 Å². The van der Waals surface area contributed by atoms with Gasteiger partial charge in [-0.25, -0.2) is 18.8 Å². The second-order valence-electron chi connectivity index (χ2n) is 6.94. The molecule has 0 saturated carbocycles. The topological polar surface area (TPSA) is 105 Å². The van der Waals surface area contributed by atoms with Crippen molar-refractivity contribution in [2.24, 2.45) is 0 Å². The molecular formula is C16H23N3O4SSi. The zero-order chi connectivity index (χ0) is 18.7. The number of nitrogens with one attached hydrogen (secondary N) is 1. The van der Waals surface area contributed by atoms with Crippen molar-refractivity contribution < 1.29 is 18.8 Å². The number of carboxylic acids is 1. The van der Waals surface area contributed by atoms with Gasteiger partial charge in [-0.2, -0.15) is 0 Å². The van der Waals surface area contributed by atoms with Gasteiger partial charge in [-0.1, -0.05) is 19.6 Å². The van der Waals surface area contributed by atoms with Gasteiger partial charge < -0.3 is 9.84 Å². The van der Waals surface area contributed by atoms with Crippen LogP contribution in [-0.4, -0.2) is 39.5 Å². The number of aromatic carboxylic acids is 1. The molecule has 0 spiro atoms. The molecule has 1 atom stereocenters. The average Bonchev–Trinajstić information content (AvgIpc) is 3.00. The molecule has 0 aliphatic heterocycles. The van der Waals surface area contributed by atoms with E-state index in [9.17, 15) is 9.00 Å². The summed E-state index contributed by atoms with van der Waals surface area (Å²) >= 11 is 0. The van der Waals surface area contributed by atoms with Gasteiger partial charge in [-0.15, -0.1) is 0 Å². The molecule has 2 N–H and O–H groups in total. The van der Waals surface area contributed by atoms with E-state index in [0.717, 1.165) is 6.04 Å². The van der Waals surface area contributed by atoms with Crippen LogP contribution in [0.3, 0.4) is 0 Å². The molecule has 0 amide bonds. The predicted octanol–water partition coefficient (Wildman–Crippen LogP) is 3.36. The molecule has 9 heteroatoms. The third-order valence-corrected chi connectivity index (χ3v) is 7.20. The van der Waals surface area contributed by atoms with E-state index in [4.69, 9.17) is 14.6 Å². The summed E-state index contributed by atoms with van der Waals surface area (Å²) in [5, 5.41) is 9.18. The Morgan fingerprint density at radius 3 is 2.52 bits per heavy atom. The molecule has 2 aromatic rings. The van der Waals surface area contributed by atoms with Gasteiger partial charge in [0.2, 0.25) is 0 Å². The number of carboxylic acid groups (broad SMARTS) is 1. The van der Waals surface area contributed by atoms with Crippen molar-refractivity contribution >= 4 is 23.8 Å². The van der Waals surface area contributed by atoms with E-state index < -0.39 is 23.8 Å². The van der Waals surface area contributed by atoms with E-state index in [-0.39, 0.29) is 22.2 Å². The summed E-state index contributed by atoms with van der Waals surface area (Å²) in [6.07, 6.45) is 2.88. The van der Waals surface area contributed by atoms with E-state index in [0.29, 0.717) is 6.61 Å². The van der Waals surface area contributed by atoms with Crippen LogP contribution in [0.25, 0.3) is 0 Å². The number of hydrogen-bond acceptors (Lipinski definition) is 5. The smallest absolute Gasteiger partial charge is 0.335 e. The number of hydrogen-bond donors (Lipinski definition) is 2. The number of carbonyl (C=O) groups is 1. The molecule has 2 rings (SSSR count). The van der Waals surface area contributed by atoms with Crippen LogP contribution in [0.2, 0.25) is 25.7 Å². The standard InChI is InChI=1S/C16H23N3O4SSi/c1-25(2,3)9-8-23-12-19-11-18-10-15(19)24(17,22)14-6-4-13(5-7-14)16(20)21/h4-7,10-11,17H,8-9,12H2,1-3H3,(H,20,21). The number of nitrogens with zero attached hydrogens (tertiary/aromatic N) is 2. The summed E-state index contributed by atoms with van der Waals surface area (Å²) in [6, 6.07) is 6.52. The van der Waals surface area contributed by atoms with E-state index >= 15 is 0 Å². The van der Waals surface area contributed by atoms with Crippen LogP contribution < -0.4 is 0 Å². The first-order valence-corrected chi connectivity index (χ1v) is 13.1. The molecule has 0 aliphatic rings. The second kappa shape index (κ2) is 7.50. The van der Waals surface area contributed by atoms with Crippen molar-refractivity contribution in [3.05, 3.63) is 42.4 Å². The first-order chi connectivity index (χ1) is 11.6. The number of ether oxygens (including phenoxy) is 1. The Hall–Kier alpha value is -1.97. The van der Waals surface area contributed by atoms with Gasteiger partial charge in [0.25, 0.3) is 0 Å². The maximum atomic E-state index is 13.0. The Kier molecular flexibility index (Phi) is 5.81. The van der Waals surface area contributed by atoms with Gasteiger partial charge in [0.1, 0.15) is 21.5 Å². The number of imidazole rings is 1. The lowest BCUT2D eigenvalue weighted by atomic mass is 10.2. The largest absolute Gasteiger partial charge is 0.478 e. The summed E-state index contributed by atoms with van der Waals surface area (Å²) in [5.41, 5.74) is 0.0853. The minimum Gasteiger partial charge on any atom is -0.478 e. The van der Waals surface area contributed by atoms with E-state index in [1.165, 1.54) is 36.8 Å². The zero-order valence-electron chi connectivity index (χ0n) is 14.6. The van der Waals surface area contributed by atoms with E-state index in [2.05, 4.69) is 24.6 Å². The highest BCUT2D eigenvalue weighted by molar-refractivity contribution is 7.92. The van der Waals surface area contributed by atoms with Crippen molar-refractivity contribution in [1.29, 1.82) is 4.78 Å². The van der Waals surface area contributed by atoms with Gasteiger partial charge in [0.15, 0.2) is 0 Å². The highest BCUT2D eigenvalue weighted by Crippen LogP contribution is 2.22. The maximum absolute atomic E-state index is 13.0. The van der Waals surface area contributed by atoms with E-state index in [1.54, 1.807) is 4.57 Å². The fraction of sp³-hybridized carbons (Fsp3) is 0.375. The molecule has 1 aromatic carbocycles. The number of aromatic nitrogens is 2. The van der Waals surface area contributed by atoms with Crippen LogP contribution in [0, 0.1) is 4.78 Å². The lowest BCUT2D eigenvalue weighted by Crippen LogP contribution is -2.22. The fourth-order valence-electron chi connectivity index (χ4n) is 2.10. The SMILES string of the molecule is C[Si](C)(C)CCOCn1cncc1S(=N)(=O)c1ccc(C(=O)O)cc1. The summed E-state index contributed by atoms with van der Waals surface area (Å²) in [6.45, 7) is 7.58. The van der Waals surface area contributed by atoms with Crippen LogP contribution >= 0.6 is 0 Å². The van der Waals surface area contributed by atoms with Crippen LogP contribution in [0.15, 0.2) is 46.7 Å². The molecule has 7 nitrogen and oxygen atoms in total. The molecule has 0 radical (unpaired) electrons. The third kappa shape index (κ3) is 5.00. The van der Waals surface area contributed by atoms with Crippen LogP contribution in [0.1, 0.15) is 10.4 Å². The first kappa shape index (κ1) is 19.4. The Labute approximate surface area is 148 Å². The van der Waals surface area contributed by atoms with Crippen molar-refractivity contribution in [1.82, 2.24) is 9.55 Å². The summed E-state index contributed by atoms with van der Waals surface area (Å²) < 4.78 is 28.5. The maximum Gasteiger partial charge on any atom is 0.335 e. The molecule has 0 bridgehead atoms. The van der Waals surface area contributed by atoms with Gasteiger partial charge in [0, 0.05) is 14.7 Å². The van der Waals surface area contributed by atoms with Crippen molar-refractivity contribution in [2.45, 2.75) is 42.3 Å². The molecule has 1 unspecified atom stereocenters. The zero-order valence-corrected chi connectivity index (χ0v) is 16.4. The molecule has 0 fully saturated rings. The summed E-state index contributed by atoms with van der Waals surface area (Å²) in [7, 11) is -4.49. The minimum atomic E-state index is -3.30. The number of benzene rings is 1. The third-order valence-electron chi connectivity index (χ3n) is 3.63. The van der Waals surface area contributed by atoms with Crippen molar-refractivity contribution in [2.75, 3.05) is 6.61 Å². The van der Waals surface area contributed by atoms with Crippen LogP contribution in [0.5, 0.6) is 0 Å². The Morgan fingerprint density at radius 1 is 1.32 bits per heavy atom. The monoisotopic (exact) mass is 381 g/mol. The summed E-state index contributed by atoms with van der Waals surface area (Å²) in [5.74, 6) is -1.07. The Morgan fingerprint density at radius 2 is 1.96 bits per heavy atom. The predicted molar refractivity (Wildman–Crippen MR) is 97.1 cm³/mol. The fourth-order valence-corrected chi connectivity index (χ4v) is 4.25. The molecule has 0 aliphatic carbocycles.